The van der Waals surface area contributed by atoms with Crippen molar-refractivity contribution >= 4 is 12.3 Å². The standard InChI is InChI=1S/C4H6O3/c1-3(2-5)4(6)7/h2-3H,1H3,(H,6,7)/p-1/t3-/m0/s1. The molecule has 3 heteroatoms. The number of rotatable bonds is 2. The highest BCUT2D eigenvalue weighted by Crippen LogP contribution is 1.81. The van der Waals surface area contributed by atoms with Crippen LogP contribution in [0.3, 0.4) is 0 Å². The fraction of sp³-hybridized carbons (Fsp3) is 0.500. The number of aliphatic carboxylic acids is 1. The van der Waals surface area contributed by atoms with Gasteiger partial charge in [0, 0.05) is 0 Å². The Morgan fingerprint density at radius 3 is 2.29 bits per heavy atom. The maximum atomic E-state index is 9.59. The van der Waals surface area contributed by atoms with E-state index < -0.39 is 11.9 Å². The lowest BCUT2D eigenvalue weighted by atomic mass is 10.2. The van der Waals surface area contributed by atoms with Gasteiger partial charge in [0.25, 0.3) is 0 Å². The molecule has 1 atom stereocenters. The van der Waals surface area contributed by atoms with E-state index in [1.807, 2.05) is 0 Å². The summed E-state index contributed by atoms with van der Waals surface area (Å²) in [5.74, 6) is -2.30. The van der Waals surface area contributed by atoms with Crippen molar-refractivity contribution in [2.45, 2.75) is 6.92 Å². The largest absolute Gasteiger partial charge is 0.549 e. The van der Waals surface area contributed by atoms with Gasteiger partial charge in [-0.05, 0) is 0 Å². The summed E-state index contributed by atoms with van der Waals surface area (Å²) < 4.78 is 0. The van der Waals surface area contributed by atoms with E-state index in [0.29, 0.717) is 6.29 Å². The molecule has 0 unspecified atom stereocenters. The van der Waals surface area contributed by atoms with Gasteiger partial charge in [0.05, 0.1) is 11.9 Å². The Labute approximate surface area is 41.0 Å². The number of carbonyl (C=O) groups excluding carboxylic acids is 2. The fourth-order valence-corrected chi connectivity index (χ4v) is 0.0556. The van der Waals surface area contributed by atoms with Crippen molar-refractivity contribution in [1.82, 2.24) is 0 Å². The van der Waals surface area contributed by atoms with E-state index in [9.17, 15) is 14.7 Å². The van der Waals surface area contributed by atoms with Crippen molar-refractivity contribution < 1.29 is 14.7 Å². The minimum Gasteiger partial charge on any atom is -0.549 e. The third-order valence-electron chi connectivity index (χ3n) is 0.576. The summed E-state index contributed by atoms with van der Waals surface area (Å²) in [5, 5.41) is 9.59. The predicted molar refractivity (Wildman–Crippen MR) is 20.2 cm³/mol. The Hall–Kier alpha value is -0.860. The average Bonchev–Trinajstić information content (AvgIpc) is 1.65. The summed E-state index contributed by atoms with van der Waals surface area (Å²) in [5.41, 5.74) is 0. The molecule has 7 heavy (non-hydrogen) atoms. The Bertz CT molecular complexity index is 86.9. The van der Waals surface area contributed by atoms with Crippen molar-refractivity contribution in [1.29, 1.82) is 0 Å². The highest BCUT2D eigenvalue weighted by atomic mass is 16.4. The smallest absolute Gasteiger partial charge is 0.128 e. The molecule has 0 aliphatic heterocycles. The van der Waals surface area contributed by atoms with Crippen LogP contribution in [0.15, 0.2) is 0 Å². The molecule has 0 aliphatic rings. The summed E-state index contributed by atoms with van der Waals surface area (Å²) in [6.07, 6.45) is 0.329. The number of aldehydes is 1. The zero-order valence-electron chi connectivity index (χ0n) is 3.88. The highest BCUT2D eigenvalue weighted by molar-refractivity contribution is 5.84. The van der Waals surface area contributed by atoms with Crippen molar-refractivity contribution in [3.8, 4) is 0 Å². The van der Waals surface area contributed by atoms with Crippen molar-refractivity contribution in [3.05, 3.63) is 0 Å². The zero-order valence-corrected chi connectivity index (χ0v) is 3.88. The molecule has 0 amide bonds. The van der Waals surface area contributed by atoms with E-state index >= 15 is 0 Å². The van der Waals surface area contributed by atoms with E-state index in [1.54, 1.807) is 0 Å². The first kappa shape index (κ1) is 6.14. The molecule has 0 fully saturated rings. The molecule has 0 spiro atoms. The van der Waals surface area contributed by atoms with Crippen LogP contribution in [-0.4, -0.2) is 12.3 Å². The summed E-state index contributed by atoms with van der Waals surface area (Å²) in [7, 11) is 0. The molecule has 0 heterocycles. The van der Waals surface area contributed by atoms with Gasteiger partial charge in [-0.1, -0.05) is 6.92 Å². The number of hydrogen-bond acceptors (Lipinski definition) is 3. The van der Waals surface area contributed by atoms with Gasteiger partial charge in [-0.2, -0.15) is 0 Å². The third kappa shape index (κ3) is 1.92. The minimum absolute atomic E-state index is 0.329. The average molecular weight is 101 g/mol. The van der Waals surface area contributed by atoms with Gasteiger partial charge in [-0.25, -0.2) is 0 Å². The molecule has 40 valence electrons. The van der Waals surface area contributed by atoms with Crippen LogP contribution in [0.4, 0.5) is 0 Å². The van der Waals surface area contributed by atoms with Gasteiger partial charge in [-0.15, -0.1) is 0 Å². The van der Waals surface area contributed by atoms with E-state index in [1.165, 1.54) is 6.92 Å². The molecule has 0 N–H and O–H groups in total. The van der Waals surface area contributed by atoms with Gasteiger partial charge >= 0.3 is 0 Å². The van der Waals surface area contributed by atoms with Gasteiger partial charge in [0.1, 0.15) is 6.29 Å². The van der Waals surface area contributed by atoms with Crippen LogP contribution < -0.4 is 5.11 Å². The lowest BCUT2D eigenvalue weighted by Gasteiger charge is -2.00. The van der Waals surface area contributed by atoms with Crippen molar-refractivity contribution in [2.24, 2.45) is 5.92 Å². The first-order chi connectivity index (χ1) is 3.18. The number of hydrogen-bond donors (Lipinski definition) is 0. The predicted octanol–water partition coefficient (Wildman–Crippen LogP) is -1.43. The molecular formula is C4H5O3-. The second-order valence-corrected chi connectivity index (χ2v) is 1.24. The van der Waals surface area contributed by atoms with E-state index in [-0.39, 0.29) is 0 Å². The lowest BCUT2D eigenvalue weighted by molar-refractivity contribution is -0.308. The Balaban J connectivity index is 3.55. The molecule has 0 aromatic rings. The molecule has 0 aromatic carbocycles. The Morgan fingerprint density at radius 2 is 2.29 bits per heavy atom. The van der Waals surface area contributed by atoms with E-state index in [0.717, 1.165) is 0 Å². The van der Waals surface area contributed by atoms with Gasteiger partial charge in [-0.3, -0.25) is 0 Å². The van der Waals surface area contributed by atoms with Crippen LogP contribution in [0.1, 0.15) is 6.92 Å². The second-order valence-electron chi connectivity index (χ2n) is 1.24. The van der Waals surface area contributed by atoms with Gasteiger partial charge in [0.2, 0.25) is 0 Å². The molecule has 0 saturated carbocycles. The summed E-state index contributed by atoms with van der Waals surface area (Å²) in [6.45, 7) is 1.27. The Kier molecular flexibility index (Phi) is 2.05. The normalized spacial score (nSPS) is 12.7. The molecule has 0 radical (unpaired) electrons. The SMILES string of the molecule is C[C@@H](C=O)C(=O)[O-]. The molecule has 0 aromatic heterocycles. The van der Waals surface area contributed by atoms with Crippen molar-refractivity contribution in [2.75, 3.05) is 0 Å². The molecular weight excluding hydrogens is 96.0 g/mol. The first-order valence-electron chi connectivity index (χ1n) is 1.84. The second kappa shape index (κ2) is 2.34. The van der Waals surface area contributed by atoms with Crippen LogP contribution in [0.5, 0.6) is 0 Å². The van der Waals surface area contributed by atoms with E-state index in [2.05, 4.69) is 0 Å². The van der Waals surface area contributed by atoms with Crippen LogP contribution in [0.25, 0.3) is 0 Å². The van der Waals surface area contributed by atoms with Crippen LogP contribution >= 0.6 is 0 Å². The molecule has 0 aliphatic carbocycles. The quantitative estimate of drug-likeness (QED) is 0.316. The molecule has 0 rings (SSSR count). The molecule has 3 nitrogen and oxygen atoms in total. The Morgan fingerprint density at radius 1 is 1.86 bits per heavy atom. The van der Waals surface area contributed by atoms with Gasteiger partial charge < -0.3 is 14.7 Å². The molecule has 0 bridgehead atoms. The zero-order chi connectivity index (χ0) is 5.86. The topological polar surface area (TPSA) is 57.2 Å². The summed E-state index contributed by atoms with van der Waals surface area (Å²) >= 11 is 0. The molecule has 0 saturated heterocycles. The number of carboxylic acids is 1. The lowest BCUT2D eigenvalue weighted by Crippen LogP contribution is -2.30. The van der Waals surface area contributed by atoms with Gasteiger partial charge in [0.15, 0.2) is 0 Å². The van der Waals surface area contributed by atoms with E-state index in [4.69, 9.17) is 0 Å². The van der Waals surface area contributed by atoms with Crippen molar-refractivity contribution in [3.63, 3.8) is 0 Å². The van der Waals surface area contributed by atoms with Crippen LogP contribution in [0.2, 0.25) is 0 Å². The third-order valence-corrected chi connectivity index (χ3v) is 0.576. The first-order valence-corrected chi connectivity index (χ1v) is 1.84. The summed E-state index contributed by atoms with van der Waals surface area (Å²) in [4.78, 5) is 19.1. The monoisotopic (exact) mass is 101 g/mol. The fourth-order valence-electron chi connectivity index (χ4n) is 0.0556. The maximum Gasteiger partial charge on any atom is 0.128 e. The summed E-state index contributed by atoms with van der Waals surface area (Å²) in [6, 6.07) is 0. The number of carbonyl (C=O) groups is 2. The van der Waals surface area contributed by atoms with Crippen LogP contribution in [-0.2, 0) is 9.59 Å². The van der Waals surface area contributed by atoms with Crippen LogP contribution in [0, 0.1) is 5.92 Å². The maximum absolute atomic E-state index is 9.59. The minimum atomic E-state index is -1.32. The number of carboxylic acid groups (broad SMARTS) is 1. The highest BCUT2D eigenvalue weighted by Gasteiger charge is 1.95.